The first-order valence-electron chi connectivity index (χ1n) is 12.5. The third kappa shape index (κ3) is 5.39. The zero-order chi connectivity index (χ0) is 27.0. The van der Waals surface area contributed by atoms with Crippen LogP contribution in [0.15, 0.2) is 36.5 Å². The van der Waals surface area contributed by atoms with E-state index >= 15 is 0 Å². The summed E-state index contributed by atoms with van der Waals surface area (Å²) in [4.78, 5) is 45.2. The Kier molecular flexibility index (Phi) is 7.40. The van der Waals surface area contributed by atoms with Gasteiger partial charge in [-0.2, -0.15) is 0 Å². The van der Waals surface area contributed by atoms with Gasteiger partial charge in [-0.25, -0.2) is 14.2 Å². The number of likely N-dealkylation sites (tertiary alicyclic amines) is 1. The molecule has 2 amide bonds. The largest absolute Gasteiger partial charge is 0.490 e. The lowest BCUT2D eigenvalue weighted by Crippen LogP contribution is -2.51. The number of carbonyl (C=O) groups is 3. The zero-order valence-electron chi connectivity index (χ0n) is 20.4. The van der Waals surface area contributed by atoms with E-state index in [0.29, 0.717) is 18.6 Å². The number of pyridine rings is 1. The second-order valence-electron chi connectivity index (χ2n) is 9.96. The molecular weight excluding hydrogens is 519 g/mol. The number of carbonyl (C=O) groups excluding carboxylic acids is 2. The molecule has 0 saturated carbocycles. The van der Waals surface area contributed by atoms with Crippen LogP contribution in [0.1, 0.15) is 42.5 Å². The average molecular weight is 547 g/mol. The Hall–Kier alpha value is -3.44. The summed E-state index contributed by atoms with van der Waals surface area (Å²) in [5, 5.41) is 22.5. The molecule has 1 aromatic heterocycles. The molecule has 1 unspecified atom stereocenters. The molecule has 0 aliphatic carbocycles. The average Bonchev–Trinajstić information content (AvgIpc) is 3.41. The first-order chi connectivity index (χ1) is 18.2. The first-order valence-corrected chi connectivity index (χ1v) is 12.9. The minimum atomic E-state index is -1.21. The number of anilines is 1. The minimum absolute atomic E-state index is 0.00944. The second kappa shape index (κ2) is 10.7. The summed E-state index contributed by atoms with van der Waals surface area (Å²) in [6.07, 6.45) is 3.28. The van der Waals surface area contributed by atoms with Crippen LogP contribution in [0, 0.1) is 5.82 Å². The molecule has 5 atom stereocenters. The van der Waals surface area contributed by atoms with Crippen molar-refractivity contribution in [3.05, 3.63) is 52.9 Å². The molecule has 3 aliphatic heterocycles. The van der Waals surface area contributed by atoms with E-state index in [4.69, 9.17) is 16.3 Å². The molecule has 3 fully saturated rings. The number of ether oxygens (including phenoxy) is 1. The van der Waals surface area contributed by atoms with Crippen LogP contribution in [0.5, 0.6) is 5.75 Å². The van der Waals surface area contributed by atoms with Gasteiger partial charge in [-0.05, 0) is 43.2 Å². The highest BCUT2D eigenvalue weighted by Crippen LogP contribution is 2.37. The molecule has 3 saturated heterocycles. The number of aliphatic carboxylic acids is 1. The predicted molar refractivity (Wildman–Crippen MR) is 135 cm³/mol. The fraction of sp³-hybridized carbons (Fsp3) is 0.462. The smallest absolute Gasteiger partial charge is 0.326 e. The summed E-state index contributed by atoms with van der Waals surface area (Å²) in [5.74, 6) is -1.62. The van der Waals surface area contributed by atoms with Crippen molar-refractivity contribution in [1.82, 2.24) is 14.8 Å². The number of aliphatic hydroxyl groups is 1. The van der Waals surface area contributed by atoms with Crippen molar-refractivity contribution >= 4 is 35.2 Å². The zero-order valence-corrected chi connectivity index (χ0v) is 21.2. The molecule has 3 aliphatic rings. The van der Waals surface area contributed by atoms with E-state index < -0.39 is 24.0 Å². The van der Waals surface area contributed by atoms with Crippen molar-refractivity contribution in [2.45, 2.75) is 62.4 Å². The molecule has 4 heterocycles. The highest BCUT2D eigenvalue weighted by Gasteiger charge is 2.44. The molecule has 202 valence electrons. The second-order valence-corrected chi connectivity index (χ2v) is 10.4. The number of hydrogen-bond donors (Lipinski definition) is 3. The maximum Gasteiger partial charge on any atom is 0.326 e. The predicted octanol–water partition coefficient (Wildman–Crippen LogP) is 2.55. The maximum absolute atomic E-state index is 13.2. The van der Waals surface area contributed by atoms with Gasteiger partial charge in [-0.15, -0.1) is 0 Å². The van der Waals surface area contributed by atoms with Crippen LogP contribution in [-0.4, -0.2) is 86.2 Å². The van der Waals surface area contributed by atoms with E-state index in [1.807, 2.05) is 4.90 Å². The number of aliphatic hydroxyl groups excluding tert-OH is 1. The number of β-amino-alcohol motifs (C(OH)–C–C–N with tert-alkyl or cyclic N) is 1. The Bertz CT molecular complexity index is 1220. The molecular formula is C26H28ClFN4O6. The molecule has 0 spiro atoms. The highest BCUT2D eigenvalue weighted by molar-refractivity contribution is 6.31. The van der Waals surface area contributed by atoms with Crippen LogP contribution in [0.25, 0.3) is 0 Å². The first kappa shape index (κ1) is 26.2. The maximum atomic E-state index is 13.2. The number of aromatic nitrogens is 1. The molecule has 0 radical (unpaired) electrons. The molecule has 2 aromatic rings. The van der Waals surface area contributed by atoms with Gasteiger partial charge in [0, 0.05) is 44.1 Å². The minimum Gasteiger partial charge on any atom is -0.490 e. The van der Waals surface area contributed by atoms with Crippen LogP contribution in [0.3, 0.4) is 0 Å². The normalized spacial score (nSPS) is 26.3. The van der Waals surface area contributed by atoms with E-state index in [0.717, 1.165) is 17.7 Å². The fourth-order valence-electron chi connectivity index (χ4n) is 5.76. The molecule has 1 aromatic carbocycles. The number of nitrogens with zero attached hydrogens (tertiary/aromatic N) is 3. The van der Waals surface area contributed by atoms with Crippen molar-refractivity contribution in [3.63, 3.8) is 0 Å². The molecule has 2 bridgehead atoms. The summed E-state index contributed by atoms with van der Waals surface area (Å²) in [6.45, 7) is -0.241. The lowest BCUT2D eigenvalue weighted by molar-refractivity contribution is -0.141. The number of halogens is 2. The van der Waals surface area contributed by atoms with Crippen LogP contribution in [-0.2, 0) is 9.59 Å². The van der Waals surface area contributed by atoms with Gasteiger partial charge in [-0.1, -0.05) is 11.6 Å². The van der Waals surface area contributed by atoms with Crippen LogP contribution < -0.4 is 10.1 Å². The summed E-state index contributed by atoms with van der Waals surface area (Å²) < 4.78 is 19.2. The molecule has 5 rings (SSSR count). The number of fused-ring (bicyclic) bond motifs is 2. The van der Waals surface area contributed by atoms with Crippen LogP contribution in [0.2, 0.25) is 5.02 Å². The molecule has 10 nitrogen and oxygen atoms in total. The monoisotopic (exact) mass is 546 g/mol. The lowest BCUT2D eigenvalue weighted by Gasteiger charge is -2.39. The third-order valence-corrected chi connectivity index (χ3v) is 7.62. The number of carboxylic acid groups (broad SMARTS) is 1. The summed E-state index contributed by atoms with van der Waals surface area (Å²) in [6, 6.07) is 6.12. The quantitative estimate of drug-likeness (QED) is 0.483. The number of rotatable bonds is 7. The third-order valence-electron chi connectivity index (χ3n) is 7.41. The summed E-state index contributed by atoms with van der Waals surface area (Å²) in [7, 11) is 0. The highest BCUT2D eigenvalue weighted by atomic mass is 35.5. The van der Waals surface area contributed by atoms with Gasteiger partial charge in [0.25, 0.3) is 5.91 Å². The van der Waals surface area contributed by atoms with Gasteiger partial charge in [-0.3, -0.25) is 9.59 Å². The Labute approximate surface area is 223 Å². The van der Waals surface area contributed by atoms with Crippen molar-refractivity contribution in [3.8, 4) is 5.75 Å². The van der Waals surface area contributed by atoms with Crippen molar-refractivity contribution in [2.24, 2.45) is 0 Å². The van der Waals surface area contributed by atoms with E-state index in [1.165, 1.54) is 24.4 Å². The van der Waals surface area contributed by atoms with Gasteiger partial charge in [0.1, 0.15) is 29.5 Å². The van der Waals surface area contributed by atoms with Gasteiger partial charge in [0.2, 0.25) is 5.91 Å². The van der Waals surface area contributed by atoms with Crippen LogP contribution in [0.4, 0.5) is 10.2 Å². The number of amides is 2. The number of benzene rings is 1. The molecule has 38 heavy (non-hydrogen) atoms. The van der Waals surface area contributed by atoms with Crippen molar-refractivity contribution in [1.29, 1.82) is 0 Å². The van der Waals surface area contributed by atoms with E-state index in [-0.39, 0.29) is 65.8 Å². The van der Waals surface area contributed by atoms with E-state index in [2.05, 4.69) is 10.3 Å². The van der Waals surface area contributed by atoms with Crippen LogP contribution >= 0.6 is 11.6 Å². The number of piperidine rings is 1. The molecule has 3 N–H and O–H groups in total. The topological polar surface area (TPSA) is 132 Å². The number of nitrogens with one attached hydrogen (secondary N) is 1. The van der Waals surface area contributed by atoms with Crippen molar-refractivity contribution in [2.75, 3.05) is 18.4 Å². The number of hydrogen-bond acceptors (Lipinski definition) is 7. The van der Waals surface area contributed by atoms with Crippen molar-refractivity contribution < 1.29 is 33.7 Å². The van der Waals surface area contributed by atoms with E-state index in [9.17, 15) is 29.0 Å². The Morgan fingerprint density at radius 3 is 2.47 bits per heavy atom. The fourth-order valence-corrected chi connectivity index (χ4v) is 5.91. The van der Waals surface area contributed by atoms with Gasteiger partial charge < -0.3 is 30.1 Å². The number of carboxylic acids is 1. The SMILES string of the molecule is O=C(O)[C@H]1C[C@@H](O)CN1C(=O)c1cc(Cl)cnc1NCC(=O)N1[C@@H]2CC[C@H]1CC(Oc1ccc(F)cc1)C2. The molecule has 12 heteroatoms. The summed E-state index contributed by atoms with van der Waals surface area (Å²) in [5.41, 5.74) is 0.0278. The Morgan fingerprint density at radius 2 is 1.82 bits per heavy atom. The Morgan fingerprint density at radius 1 is 1.13 bits per heavy atom. The summed E-state index contributed by atoms with van der Waals surface area (Å²) >= 11 is 6.07. The lowest BCUT2D eigenvalue weighted by atomic mass is 9.99. The van der Waals surface area contributed by atoms with Gasteiger partial charge in [0.15, 0.2) is 0 Å². The van der Waals surface area contributed by atoms with Gasteiger partial charge >= 0.3 is 5.97 Å². The Balaban J connectivity index is 1.24. The van der Waals surface area contributed by atoms with E-state index in [1.54, 1.807) is 12.1 Å². The standard InChI is InChI=1S/C26H28ClFN4O6/c27-14-7-21(25(35)31-13-18(33)10-22(31)26(36)37)24(29-11-14)30-12-23(34)32-16-3-4-17(32)9-20(8-16)38-19-5-1-15(28)2-6-19/h1-2,5-7,11,16-18,20,22,33H,3-4,8-10,12-13H2,(H,29,30)(H,36,37)/t16-,17+,18-,20?,22-/m1/s1. The van der Waals surface area contributed by atoms with Gasteiger partial charge in [0.05, 0.1) is 23.2 Å².